The Kier molecular flexibility index (Phi) is 4.16. The van der Waals surface area contributed by atoms with E-state index in [4.69, 9.17) is 5.21 Å². The lowest BCUT2D eigenvalue weighted by molar-refractivity contribution is 0.300. The van der Waals surface area contributed by atoms with Crippen molar-refractivity contribution in [2.45, 2.75) is 34.6 Å². The quantitative estimate of drug-likeness (QED) is 0.381. The first-order valence-corrected chi connectivity index (χ1v) is 4.19. The van der Waals surface area contributed by atoms with E-state index >= 15 is 0 Å². The van der Waals surface area contributed by atoms with Gasteiger partial charge in [-0.25, -0.2) is 0 Å². The minimum absolute atomic E-state index is 0.403. The highest BCUT2D eigenvalue weighted by Crippen LogP contribution is 2.21. The van der Waals surface area contributed by atoms with E-state index in [1.54, 1.807) is 0 Å². The second-order valence-electron chi connectivity index (χ2n) is 3.76. The molecule has 0 aromatic carbocycles. The van der Waals surface area contributed by atoms with Gasteiger partial charge in [0.05, 0.1) is 5.71 Å². The fourth-order valence-corrected chi connectivity index (χ4v) is 1.80. The van der Waals surface area contributed by atoms with E-state index in [0.717, 1.165) is 5.71 Å². The van der Waals surface area contributed by atoms with Crippen molar-refractivity contribution in [2.24, 2.45) is 22.9 Å². The van der Waals surface area contributed by atoms with Crippen LogP contribution in [0.2, 0.25) is 0 Å². The van der Waals surface area contributed by atoms with Gasteiger partial charge in [0.25, 0.3) is 0 Å². The first-order valence-electron chi connectivity index (χ1n) is 4.19. The topological polar surface area (TPSA) is 32.6 Å². The maximum atomic E-state index is 8.59. The summed E-state index contributed by atoms with van der Waals surface area (Å²) in [5.74, 6) is 1.50. The Hall–Kier alpha value is -0.530. The van der Waals surface area contributed by atoms with Crippen LogP contribution in [-0.4, -0.2) is 10.9 Å². The fraction of sp³-hybridized carbons (Fsp3) is 0.889. The summed E-state index contributed by atoms with van der Waals surface area (Å²) in [5.41, 5.74) is 0.843. The monoisotopic (exact) mass is 157 g/mol. The zero-order valence-electron chi connectivity index (χ0n) is 8.13. The van der Waals surface area contributed by atoms with Gasteiger partial charge in [0.2, 0.25) is 0 Å². The molecule has 0 amide bonds. The van der Waals surface area contributed by atoms with Crippen molar-refractivity contribution in [3.63, 3.8) is 0 Å². The molecule has 11 heavy (non-hydrogen) atoms. The van der Waals surface area contributed by atoms with Crippen LogP contribution in [0.5, 0.6) is 0 Å². The smallest absolute Gasteiger partial charge is 0.0575 e. The zero-order chi connectivity index (χ0) is 9.02. The van der Waals surface area contributed by atoms with Crippen molar-refractivity contribution >= 4 is 5.71 Å². The molecule has 0 unspecified atom stereocenters. The van der Waals surface area contributed by atoms with E-state index in [9.17, 15) is 0 Å². The lowest BCUT2D eigenvalue weighted by Gasteiger charge is -2.23. The molecule has 0 aliphatic heterocycles. The molecule has 0 bridgehead atoms. The molecule has 0 atom stereocenters. The number of rotatable bonds is 3. The van der Waals surface area contributed by atoms with E-state index in [-0.39, 0.29) is 0 Å². The van der Waals surface area contributed by atoms with Crippen molar-refractivity contribution in [3.8, 4) is 0 Å². The van der Waals surface area contributed by atoms with Gasteiger partial charge in [-0.1, -0.05) is 32.9 Å². The van der Waals surface area contributed by atoms with Crippen LogP contribution in [0.1, 0.15) is 34.6 Å². The van der Waals surface area contributed by atoms with E-state index in [1.807, 2.05) is 6.92 Å². The summed E-state index contributed by atoms with van der Waals surface area (Å²) in [6.45, 7) is 10.5. The molecule has 0 saturated carbocycles. The van der Waals surface area contributed by atoms with Gasteiger partial charge < -0.3 is 5.21 Å². The Bertz CT molecular complexity index is 130. The number of hydrogen-bond acceptors (Lipinski definition) is 2. The van der Waals surface area contributed by atoms with Crippen molar-refractivity contribution in [3.05, 3.63) is 0 Å². The summed E-state index contributed by atoms with van der Waals surface area (Å²) in [6.07, 6.45) is 0. The molecule has 0 aliphatic carbocycles. The number of oxime groups is 1. The minimum Gasteiger partial charge on any atom is -0.411 e. The van der Waals surface area contributed by atoms with Gasteiger partial charge in [-0.2, -0.15) is 0 Å². The van der Waals surface area contributed by atoms with Crippen LogP contribution in [0.4, 0.5) is 0 Å². The standard InChI is InChI=1S/C9H19NO/c1-6(2)9(7(3)4)8(5)10-11/h6-7,9,11H,1-5H3/b10-8-. The molecule has 2 nitrogen and oxygen atoms in total. The van der Waals surface area contributed by atoms with Gasteiger partial charge >= 0.3 is 0 Å². The molecular weight excluding hydrogens is 138 g/mol. The average molecular weight is 157 g/mol. The summed E-state index contributed by atoms with van der Waals surface area (Å²) in [4.78, 5) is 0. The first kappa shape index (κ1) is 10.5. The van der Waals surface area contributed by atoms with Crippen LogP contribution in [0.3, 0.4) is 0 Å². The van der Waals surface area contributed by atoms with Crippen molar-refractivity contribution in [1.29, 1.82) is 0 Å². The molecule has 0 aromatic rings. The van der Waals surface area contributed by atoms with Crippen LogP contribution in [0, 0.1) is 17.8 Å². The molecule has 0 rings (SSSR count). The summed E-state index contributed by atoms with van der Waals surface area (Å²) >= 11 is 0. The number of hydrogen-bond donors (Lipinski definition) is 1. The van der Waals surface area contributed by atoms with E-state index in [2.05, 4.69) is 32.9 Å². The summed E-state index contributed by atoms with van der Waals surface area (Å²) in [7, 11) is 0. The van der Waals surface area contributed by atoms with E-state index in [1.165, 1.54) is 0 Å². The predicted molar refractivity (Wildman–Crippen MR) is 48.1 cm³/mol. The zero-order valence-corrected chi connectivity index (χ0v) is 8.13. The van der Waals surface area contributed by atoms with Crippen molar-refractivity contribution < 1.29 is 5.21 Å². The van der Waals surface area contributed by atoms with Crippen LogP contribution in [0.15, 0.2) is 5.16 Å². The second-order valence-corrected chi connectivity index (χ2v) is 3.76. The Morgan fingerprint density at radius 2 is 1.45 bits per heavy atom. The van der Waals surface area contributed by atoms with Gasteiger partial charge in [-0.3, -0.25) is 0 Å². The third-order valence-corrected chi connectivity index (χ3v) is 2.08. The molecular formula is C9H19NO. The largest absolute Gasteiger partial charge is 0.411 e. The summed E-state index contributed by atoms with van der Waals surface area (Å²) < 4.78 is 0. The molecule has 0 radical (unpaired) electrons. The SMILES string of the molecule is C/C(=N/O)C(C(C)C)C(C)C. The molecule has 1 N–H and O–H groups in total. The maximum Gasteiger partial charge on any atom is 0.0575 e. The summed E-state index contributed by atoms with van der Waals surface area (Å²) in [5, 5.41) is 11.8. The highest BCUT2D eigenvalue weighted by Gasteiger charge is 2.20. The fourth-order valence-electron chi connectivity index (χ4n) is 1.80. The lowest BCUT2D eigenvalue weighted by Crippen LogP contribution is -2.23. The van der Waals surface area contributed by atoms with Crippen LogP contribution >= 0.6 is 0 Å². The second kappa shape index (κ2) is 4.37. The molecule has 2 heteroatoms. The Balaban J connectivity index is 4.35. The normalized spacial score (nSPS) is 13.6. The van der Waals surface area contributed by atoms with Gasteiger partial charge in [0.15, 0.2) is 0 Å². The third kappa shape index (κ3) is 2.91. The maximum absolute atomic E-state index is 8.59. The molecule has 0 aliphatic rings. The van der Waals surface area contributed by atoms with Gasteiger partial charge in [0.1, 0.15) is 0 Å². The lowest BCUT2D eigenvalue weighted by atomic mass is 9.82. The van der Waals surface area contributed by atoms with E-state index in [0.29, 0.717) is 17.8 Å². The Morgan fingerprint density at radius 1 is 1.09 bits per heavy atom. The predicted octanol–water partition coefficient (Wildman–Crippen LogP) is 2.76. The van der Waals surface area contributed by atoms with Gasteiger partial charge in [0, 0.05) is 5.92 Å². The molecule has 0 aromatic heterocycles. The van der Waals surface area contributed by atoms with E-state index < -0.39 is 0 Å². The first-order chi connectivity index (χ1) is 5.00. The molecule has 0 saturated heterocycles. The van der Waals surface area contributed by atoms with Gasteiger partial charge in [-0.15, -0.1) is 0 Å². The Labute approximate surface area is 69.3 Å². The Morgan fingerprint density at radius 3 is 1.55 bits per heavy atom. The third-order valence-electron chi connectivity index (χ3n) is 2.08. The molecule has 0 heterocycles. The van der Waals surface area contributed by atoms with Crippen LogP contribution in [0.25, 0.3) is 0 Å². The highest BCUT2D eigenvalue weighted by atomic mass is 16.4. The van der Waals surface area contributed by atoms with Crippen molar-refractivity contribution in [2.75, 3.05) is 0 Å². The highest BCUT2D eigenvalue weighted by molar-refractivity contribution is 5.84. The molecule has 66 valence electrons. The molecule has 0 spiro atoms. The van der Waals surface area contributed by atoms with Crippen LogP contribution in [-0.2, 0) is 0 Å². The molecule has 0 fully saturated rings. The number of nitrogens with zero attached hydrogens (tertiary/aromatic N) is 1. The summed E-state index contributed by atoms with van der Waals surface area (Å²) in [6, 6.07) is 0. The van der Waals surface area contributed by atoms with Crippen LogP contribution < -0.4 is 0 Å². The minimum atomic E-state index is 0.403. The van der Waals surface area contributed by atoms with Gasteiger partial charge in [-0.05, 0) is 18.8 Å². The average Bonchev–Trinajstić information content (AvgIpc) is 1.85. The van der Waals surface area contributed by atoms with Crippen molar-refractivity contribution in [1.82, 2.24) is 0 Å².